The van der Waals surface area contributed by atoms with Crippen LogP contribution in [0, 0.1) is 0 Å². The van der Waals surface area contributed by atoms with Crippen LogP contribution >= 0.6 is 7.82 Å². The molecule has 480 valence electrons. The summed E-state index contributed by atoms with van der Waals surface area (Å²) in [7, 11) is -3.59. The number of hydrogen-bond donors (Lipinski definition) is 0. The number of nitrogens with zero attached hydrogens (tertiary/aromatic N) is 4. The lowest BCUT2D eigenvalue weighted by atomic mass is 10.1. The summed E-state index contributed by atoms with van der Waals surface area (Å²) in [5, 5.41) is 0. The molecule has 0 unspecified atom stereocenters. The Balaban J connectivity index is 2.62. The normalized spacial score (nSPS) is 13.5. The van der Waals surface area contributed by atoms with Gasteiger partial charge in [0.15, 0.2) is 0 Å². The summed E-state index contributed by atoms with van der Waals surface area (Å²) in [5.41, 5.74) is 0. The molecular formula is C66H131N4O10P. The number of phosphoric acid groups is 1. The first-order chi connectivity index (χ1) is 39.7. The number of rotatable bonds is 63. The maximum Gasteiger partial charge on any atom is 0.474 e. The number of piperazine rings is 1. The summed E-state index contributed by atoms with van der Waals surface area (Å²) >= 11 is 0. The van der Waals surface area contributed by atoms with Gasteiger partial charge in [-0.2, -0.15) is 0 Å². The molecule has 0 atom stereocenters. The number of esters is 3. The van der Waals surface area contributed by atoms with Crippen LogP contribution in [0.5, 0.6) is 0 Å². The minimum Gasteiger partial charge on any atom is -0.466 e. The van der Waals surface area contributed by atoms with Gasteiger partial charge in [-0.05, 0) is 39.5 Å². The molecule has 0 aromatic heterocycles. The lowest BCUT2D eigenvalue weighted by Gasteiger charge is -2.36. The van der Waals surface area contributed by atoms with Crippen molar-refractivity contribution >= 4 is 25.7 Å². The molecule has 1 heterocycles. The summed E-state index contributed by atoms with van der Waals surface area (Å²) < 4.78 is 46.3. The van der Waals surface area contributed by atoms with Crippen molar-refractivity contribution in [2.24, 2.45) is 0 Å². The molecular weight excluding hydrogens is 1040 g/mol. The van der Waals surface area contributed by atoms with Gasteiger partial charge in [0.1, 0.15) is 0 Å². The molecule has 0 amide bonds. The van der Waals surface area contributed by atoms with E-state index >= 15 is 0 Å². The van der Waals surface area contributed by atoms with Crippen LogP contribution in [0.2, 0.25) is 0 Å². The average Bonchev–Trinajstić information content (AvgIpc) is 3.46. The maximum atomic E-state index is 12.9. The van der Waals surface area contributed by atoms with Gasteiger partial charge >= 0.3 is 25.7 Å². The van der Waals surface area contributed by atoms with Gasteiger partial charge in [-0.25, -0.2) is 4.57 Å². The van der Waals surface area contributed by atoms with Crippen LogP contribution in [0.1, 0.15) is 291 Å². The van der Waals surface area contributed by atoms with Crippen LogP contribution in [0.25, 0.3) is 0 Å². The predicted octanol–water partition coefficient (Wildman–Crippen LogP) is 16.7. The molecule has 15 heteroatoms. The van der Waals surface area contributed by atoms with E-state index in [1.165, 1.54) is 193 Å². The Bertz CT molecular complexity index is 1390. The SMILES string of the molecule is CCCCCCCCCCCCCCOC(=O)CCN(CCCOP(=O)(OCC)OCC)CCN1CCN(CCN(CCC(=O)OCCCCCCCCCCCCCC)CCC(=O)OCCCCCCCCCCCCCC)CC1. The summed E-state index contributed by atoms with van der Waals surface area (Å²) in [4.78, 5) is 48.3. The molecule has 1 fully saturated rings. The fraction of sp³-hybridized carbons (Fsp3) is 0.955. The molecule has 0 saturated carbocycles. The molecule has 0 bridgehead atoms. The Labute approximate surface area is 499 Å². The highest BCUT2D eigenvalue weighted by Crippen LogP contribution is 2.49. The zero-order chi connectivity index (χ0) is 58.8. The summed E-state index contributed by atoms with van der Waals surface area (Å²) in [6.07, 6.45) is 47.4. The highest BCUT2D eigenvalue weighted by molar-refractivity contribution is 7.48. The van der Waals surface area contributed by atoms with Gasteiger partial charge in [-0.15, -0.1) is 0 Å². The van der Waals surface area contributed by atoms with Crippen molar-refractivity contribution in [3.05, 3.63) is 0 Å². The first-order valence-electron chi connectivity index (χ1n) is 34.6. The van der Waals surface area contributed by atoms with Crippen LogP contribution in [-0.2, 0) is 46.7 Å². The Kier molecular flexibility index (Phi) is 56.1. The summed E-state index contributed by atoms with van der Waals surface area (Å²) in [6, 6.07) is 0. The first kappa shape index (κ1) is 77.4. The topological polar surface area (TPSA) is 137 Å². The molecule has 1 saturated heterocycles. The number of carbonyl (C=O) groups excluding carboxylic acids is 3. The van der Waals surface area contributed by atoms with Gasteiger partial charge in [-0.1, -0.05) is 233 Å². The van der Waals surface area contributed by atoms with Gasteiger partial charge in [0.25, 0.3) is 0 Å². The molecule has 81 heavy (non-hydrogen) atoms. The van der Waals surface area contributed by atoms with Gasteiger partial charge in [0, 0.05) is 78.5 Å². The minimum absolute atomic E-state index is 0.155. The van der Waals surface area contributed by atoms with E-state index in [0.29, 0.717) is 71.7 Å². The number of carbonyl (C=O) groups is 3. The second-order valence-electron chi connectivity index (χ2n) is 23.4. The van der Waals surface area contributed by atoms with E-state index < -0.39 is 7.82 Å². The van der Waals surface area contributed by atoms with Gasteiger partial charge < -0.3 is 24.0 Å². The minimum atomic E-state index is -3.59. The van der Waals surface area contributed by atoms with Gasteiger partial charge in [0.05, 0.1) is 58.9 Å². The highest BCUT2D eigenvalue weighted by atomic mass is 31.2. The Hall–Kier alpha value is -1.64. The predicted molar refractivity (Wildman–Crippen MR) is 337 cm³/mol. The highest BCUT2D eigenvalue weighted by Gasteiger charge is 2.25. The van der Waals surface area contributed by atoms with Crippen molar-refractivity contribution in [2.45, 2.75) is 291 Å². The number of ether oxygens (including phenoxy) is 3. The van der Waals surface area contributed by atoms with E-state index in [1.807, 2.05) is 0 Å². The quantitative estimate of drug-likeness (QED) is 0.0247. The lowest BCUT2D eigenvalue weighted by molar-refractivity contribution is -0.145. The summed E-state index contributed by atoms with van der Waals surface area (Å²) in [5.74, 6) is -0.469. The Morgan fingerprint density at radius 2 is 0.580 bits per heavy atom. The first-order valence-corrected chi connectivity index (χ1v) is 36.0. The molecule has 14 nitrogen and oxygen atoms in total. The molecule has 0 radical (unpaired) electrons. The van der Waals surface area contributed by atoms with E-state index in [9.17, 15) is 18.9 Å². The lowest BCUT2D eigenvalue weighted by Crippen LogP contribution is -2.50. The van der Waals surface area contributed by atoms with Crippen LogP contribution in [0.3, 0.4) is 0 Å². The average molecular weight is 1170 g/mol. The standard InChI is InChI=1S/C66H131N4O10P/c1-6-11-14-17-20-23-26-29-32-35-38-41-60-75-64(71)45-49-67(48-44-63-80-81(74,78-9-4)79-10-5)52-54-69-56-58-70(59-57-69)55-53-68(50-46-65(72)76-61-42-39-36-33-30-27-24-21-18-15-12-7-2)51-47-66(73)77-62-43-40-37-34-31-28-25-22-19-16-13-8-3/h6-63H2,1-5H3. The largest absolute Gasteiger partial charge is 0.474 e. The number of unbranched alkanes of at least 4 members (excludes halogenated alkanes) is 33. The third kappa shape index (κ3) is 51.3. The van der Waals surface area contributed by atoms with E-state index in [1.54, 1.807) is 13.8 Å². The molecule has 1 aliphatic rings. The second kappa shape index (κ2) is 58.7. The van der Waals surface area contributed by atoms with Crippen molar-refractivity contribution in [3.8, 4) is 0 Å². The molecule has 1 rings (SSSR count). The van der Waals surface area contributed by atoms with Crippen molar-refractivity contribution in [1.82, 2.24) is 19.6 Å². The van der Waals surface area contributed by atoms with Crippen molar-refractivity contribution in [2.75, 3.05) is 118 Å². The van der Waals surface area contributed by atoms with Crippen LogP contribution in [0.15, 0.2) is 0 Å². The van der Waals surface area contributed by atoms with E-state index in [0.717, 1.165) is 90.9 Å². The smallest absolute Gasteiger partial charge is 0.466 e. The molecule has 0 aromatic rings. The Morgan fingerprint density at radius 3 is 0.852 bits per heavy atom. The maximum absolute atomic E-state index is 12.9. The van der Waals surface area contributed by atoms with Crippen molar-refractivity contribution in [1.29, 1.82) is 0 Å². The fourth-order valence-corrected chi connectivity index (χ4v) is 11.9. The zero-order valence-corrected chi connectivity index (χ0v) is 54.7. The molecule has 1 aliphatic heterocycles. The van der Waals surface area contributed by atoms with Crippen molar-refractivity contribution < 1.29 is 46.7 Å². The summed E-state index contributed by atoms with van der Waals surface area (Å²) in [6.45, 7) is 21.9. The van der Waals surface area contributed by atoms with Crippen LogP contribution in [0.4, 0.5) is 0 Å². The monoisotopic (exact) mass is 1170 g/mol. The number of hydrogen-bond acceptors (Lipinski definition) is 14. The molecule has 0 aliphatic carbocycles. The second-order valence-corrected chi connectivity index (χ2v) is 25.1. The van der Waals surface area contributed by atoms with E-state index in [-0.39, 0.29) is 37.7 Å². The fourth-order valence-electron chi connectivity index (χ4n) is 10.7. The molecule has 0 spiro atoms. The molecule has 0 aromatic carbocycles. The molecule has 0 N–H and O–H groups in total. The van der Waals surface area contributed by atoms with Crippen LogP contribution < -0.4 is 0 Å². The third-order valence-corrected chi connectivity index (χ3v) is 17.7. The van der Waals surface area contributed by atoms with Gasteiger partial charge in [0.2, 0.25) is 0 Å². The van der Waals surface area contributed by atoms with E-state index in [4.69, 9.17) is 27.8 Å². The van der Waals surface area contributed by atoms with Crippen LogP contribution in [-0.4, -0.2) is 156 Å². The van der Waals surface area contributed by atoms with Crippen molar-refractivity contribution in [3.63, 3.8) is 0 Å². The third-order valence-electron chi connectivity index (χ3n) is 16.1. The number of phosphoric ester groups is 1. The van der Waals surface area contributed by atoms with Gasteiger partial charge in [-0.3, -0.25) is 37.8 Å². The van der Waals surface area contributed by atoms with E-state index in [2.05, 4.69) is 40.4 Å². The Morgan fingerprint density at radius 1 is 0.321 bits per heavy atom. The zero-order valence-electron chi connectivity index (χ0n) is 53.8.